The Morgan fingerprint density at radius 2 is 1.54 bits per heavy atom. The van der Waals surface area contributed by atoms with E-state index in [0.717, 1.165) is 36.5 Å². The first-order valence-corrected chi connectivity index (χ1v) is 11.2. The van der Waals surface area contributed by atoms with E-state index in [1.54, 1.807) is 12.0 Å². The summed E-state index contributed by atoms with van der Waals surface area (Å²) in [6.07, 6.45) is 21.5. The van der Waals surface area contributed by atoms with Crippen molar-refractivity contribution in [3.05, 3.63) is 54.1 Å². The average molecular weight is 349 g/mol. The molecule has 0 bridgehead atoms. The maximum Gasteiger partial charge on any atom is -0.0228 e. The molecule has 3 aliphatic rings. The molecule has 0 heteroatoms. The van der Waals surface area contributed by atoms with Crippen molar-refractivity contribution in [3.8, 4) is 0 Å². The van der Waals surface area contributed by atoms with Gasteiger partial charge in [-0.1, -0.05) is 62.1 Å². The zero-order valence-electron chi connectivity index (χ0n) is 16.5. The molecule has 4 rings (SSSR count). The molecule has 2 fully saturated rings. The lowest BCUT2D eigenvalue weighted by Gasteiger charge is -2.35. The molecule has 140 valence electrons. The normalized spacial score (nSPS) is 29.2. The number of benzene rings is 1. The second-order valence-electron chi connectivity index (χ2n) is 9.25. The van der Waals surface area contributed by atoms with Crippen LogP contribution in [0.15, 0.2) is 43.0 Å². The molecule has 0 saturated heterocycles. The molecule has 0 nitrogen and oxygen atoms in total. The first-order valence-electron chi connectivity index (χ1n) is 11.2. The lowest BCUT2D eigenvalue weighted by atomic mass is 9.70. The van der Waals surface area contributed by atoms with Crippen LogP contribution in [0.4, 0.5) is 0 Å². The lowest BCUT2D eigenvalue weighted by molar-refractivity contribution is 0.186. The highest BCUT2D eigenvalue weighted by atomic mass is 14.4. The number of aryl methyl sites for hydroxylation is 1. The Bertz CT molecular complexity index is 608. The summed E-state index contributed by atoms with van der Waals surface area (Å²) in [7, 11) is 0. The van der Waals surface area contributed by atoms with Gasteiger partial charge in [0.05, 0.1) is 0 Å². The smallest absolute Gasteiger partial charge is 0.0228 e. The van der Waals surface area contributed by atoms with Crippen LogP contribution in [-0.2, 0) is 6.42 Å². The summed E-state index contributed by atoms with van der Waals surface area (Å²) >= 11 is 0. The van der Waals surface area contributed by atoms with Gasteiger partial charge < -0.3 is 0 Å². The largest absolute Gasteiger partial charge is 0.103 e. The number of hydrogen-bond acceptors (Lipinski definition) is 0. The van der Waals surface area contributed by atoms with Gasteiger partial charge in [-0.05, 0) is 91.7 Å². The predicted octanol–water partition coefficient (Wildman–Crippen LogP) is 7.60. The summed E-state index contributed by atoms with van der Waals surface area (Å²) in [6.45, 7) is 3.82. The first-order chi connectivity index (χ1) is 12.8. The number of rotatable bonds is 7. The van der Waals surface area contributed by atoms with Crippen LogP contribution >= 0.6 is 0 Å². The van der Waals surface area contributed by atoms with Crippen LogP contribution in [-0.4, -0.2) is 0 Å². The van der Waals surface area contributed by atoms with E-state index in [2.05, 4.69) is 36.9 Å². The molecule has 2 saturated carbocycles. The summed E-state index contributed by atoms with van der Waals surface area (Å²) < 4.78 is 0. The Hall–Kier alpha value is -1.30. The molecule has 0 unspecified atom stereocenters. The van der Waals surface area contributed by atoms with E-state index in [4.69, 9.17) is 0 Å². The van der Waals surface area contributed by atoms with Crippen molar-refractivity contribution >= 4 is 5.57 Å². The van der Waals surface area contributed by atoms with Crippen molar-refractivity contribution in [1.82, 2.24) is 0 Å². The van der Waals surface area contributed by atoms with Crippen LogP contribution in [0.3, 0.4) is 0 Å². The molecule has 0 N–H and O–H groups in total. The fraction of sp³-hybridized carbons (Fsp3) is 0.615. The molecule has 1 aromatic carbocycles. The van der Waals surface area contributed by atoms with Gasteiger partial charge in [0.2, 0.25) is 0 Å². The zero-order valence-corrected chi connectivity index (χ0v) is 16.5. The van der Waals surface area contributed by atoms with Crippen molar-refractivity contribution in [3.63, 3.8) is 0 Å². The topological polar surface area (TPSA) is 0 Å². The van der Waals surface area contributed by atoms with E-state index in [9.17, 15) is 0 Å². The maximum atomic E-state index is 3.82. The molecule has 3 aliphatic carbocycles. The number of hydrogen-bond donors (Lipinski definition) is 0. The summed E-state index contributed by atoms with van der Waals surface area (Å²) in [4.78, 5) is 0. The SMILES string of the molecule is C=CCCc1ccc(C2=CC[C@H](C3CCC(CC4CC4)CC3)CC2)cc1. The highest BCUT2D eigenvalue weighted by Crippen LogP contribution is 2.45. The van der Waals surface area contributed by atoms with Crippen LogP contribution in [0.5, 0.6) is 0 Å². The van der Waals surface area contributed by atoms with Gasteiger partial charge in [-0.2, -0.15) is 0 Å². The van der Waals surface area contributed by atoms with E-state index in [-0.39, 0.29) is 0 Å². The van der Waals surface area contributed by atoms with Gasteiger partial charge in [0.25, 0.3) is 0 Å². The highest BCUT2D eigenvalue weighted by Gasteiger charge is 2.31. The van der Waals surface area contributed by atoms with Crippen LogP contribution < -0.4 is 0 Å². The summed E-state index contributed by atoms with van der Waals surface area (Å²) in [5.41, 5.74) is 4.49. The van der Waals surface area contributed by atoms with Crippen LogP contribution in [0.2, 0.25) is 0 Å². The van der Waals surface area contributed by atoms with E-state index in [1.165, 1.54) is 68.9 Å². The van der Waals surface area contributed by atoms with Gasteiger partial charge >= 0.3 is 0 Å². The van der Waals surface area contributed by atoms with E-state index < -0.39 is 0 Å². The fourth-order valence-electron chi connectivity index (χ4n) is 5.42. The first kappa shape index (κ1) is 18.1. The summed E-state index contributed by atoms with van der Waals surface area (Å²) in [5, 5.41) is 0. The minimum atomic E-state index is 0.965. The van der Waals surface area contributed by atoms with E-state index in [1.807, 2.05) is 6.08 Å². The Kier molecular flexibility index (Phi) is 5.98. The fourth-order valence-corrected chi connectivity index (χ4v) is 5.42. The van der Waals surface area contributed by atoms with Crippen LogP contribution in [0.1, 0.15) is 81.8 Å². The molecular formula is C26H36. The molecular weight excluding hydrogens is 312 g/mol. The molecule has 0 aliphatic heterocycles. The van der Waals surface area contributed by atoms with Crippen molar-refractivity contribution in [2.75, 3.05) is 0 Å². The Labute approximate surface area is 160 Å². The molecule has 1 aromatic rings. The summed E-state index contributed by atoms with van der Waals surface area (Å²) in [5.74, 6) is 4.19. The molecule has 1 atom stereocenters. The second kappa shape index (κ2) is 8.59. The molecule has 0 spiro atoms. The van der Waals surface area contributed by atoms with Crippen molar-refractivity contribution < 1.29 is 0 Å². The maximum absolute atomic E-state index is 3.82. The van der Waals surface area contributed by atoms with Gasteiger partial charge in [-0.25, -0.2) is 0 Å². The van der Waals surface area contributed by atoms with Gasteiger partial charge in [-0.3, -0.25) is 0 Å². The van der Waals surface area contributed by atoms with Crippen molar-refractivity contribution in [2.24, 2.45) is 23.7 Å². The molecule has 0 heterocycles. The Morgan fingerprint density at radius 3 is 2.12 bits per heavy atom. The van der Waals surface area contributed by atoms with Crippen LogP contribution in [0, 0.1) is 23.7 Å². The third kappa shape index (κ3) is 4.70. The predicted molar refractivity (Wildman–Crippen MR) is 113 cm³/mol. The second-order valence-corrected chi connectivity index (χ2v) is 9.25. The van der Waals surface area contributed by atoms with Crippen molar-refractivity contribution in [2.45, 2.75) is 77.0 Å². The molecule has 26 heavy (non-hydrogen) atoms. The standard InChI is InChI=1S/C26H36/c1-2-3-4-20-7-11-23(12-8-20)25-15-17-26(18-16-25)24-13-9-22(10-14-24)19-21-5-6-21/h2,7-8,11-12,15,21-22,24,26H,1,3-6,9-10,13-14,16-19H2/t22?,24?,26-/m0/s1. The quantitative estimate of drug-likeness (QED) is 0.445. The lowest BCUT2D eigenvalue weighted by Crippen LogP contribution is -2.23. The third-order valence-corrected chi connectivity index (χ3v) is 7.33. The number of allylic oxidation sites excluding steroid dienone is 3. The average Bonchev–Trinajstić information content (AvgIpc) is 3.52. The summed E-state index contributed by atoms with van der Waals surface area (Å²) in [6, 6.07) is 9.31. The molecule has 0 amide bonds. The monoisotopic (exact) mass is 348 g/mol. The molecule has 0 aromatic heterocycles. The Balaban J connectivity index is 1.27. The van der Waals surface area contributed by atoms with E-state index >= 15 is 0 Å². The highest BCUT2D eigenvalue weighted by molar-refractivity contribution is 5.66. The van der Waals surface area contributed by atoms with Gasteiger partial charge in [0, 0.05) is 0 Å². The van der Waals surface area contributed by atoms with Crippen molar-refractivity contribution in [1.29, 1.82) is 0 Å². The van der Waals surface area contributed by atoms with Crippen LogP contribution in [0.25, 0.3) is 5.57 Å². The van der Waals surface area contributed by atoms with Gasteiger partial charge in [0.1, 0.15) is 0 Å². The minimum Gasteiger partial charge on any atom is -0.103 e. The third-order valence-electron chi connectivity index (χ3n) is 7.33. The molecule has 0 radical (unpaired) electrons. The Morgan fingerprint density at radius 1 is 0.846 bits per heavy atom. The minimum absolute atomic E-state index is 0.965. The van der Waals surface area contributed by atoms with E-state index in [0.29, 0.717) is 0 Å². The van der Waals surface area contributed by atoms with Gasteiger partial charge in [0.15, 0.2) is 0 Å². The van der Waals surface area contributed by atoms with Gasteiger partial charge in [-0.15, -0.1) is 6.58 Å². The zero-order chi connectivity index (χ0) is 17.8.